The fraction of sp³-hybridized carbons (Fsp3) is 0.188. The van der Waals surface area contributed by atoms with E-state index in [4.69, 9.17) is 22.7 Å². The standard InChI is InChI=1S/C16H18N2OS/c1-19-15-9-5-8-14(10-15)12-18(16(17)20)11-13-6-3-2-4-7-13/h2-10H,11-12H2,1H3,(H2,17,20). The van der Waals surface area contributed by atoms with Gasteiger partial charge in [0.2, 0.25) is 0 Å². The normalized spacial score (nSPS) is 10.1. The first-order chi connectivity index (χ1) is 9.69. The van der Waals surface area contributed by atoms with Crippen molar-refractivity contribution in [2.24, 2.45) is 5.73 Å². The predicted molar refractivity (Wildman–Crippen MR) is 85.5 cm³/mol. The van der Waals surface area contributed by atoms with Gasteiger partial charge in [-0.1, -0.05) is 42.5 Å². The summed E-state index contributed by atoms with van der Waals surface area (Å²) in [6.07, 6.45) is 0. The van der Waals surface area contributed by atoms with Crippen LogP contribution in [0.4, 0.5) is 0 Å². The maximum absolute atomic E-state index is 5.83. The Bertz CT molecular complexity index is 572. The highest BCUT2D eigenvalue weighted by atomic mass is 32.1. The van der Waals surface area contributed by atoms with E-state index in [1.165, 1.54) is 5.56 Å². The van der Waals surface area contributed by atoms with Crippen LogP contribution in [-0.4, -0.2) is 17.1 Å². The lowest BCUT2D eigenvalue weighted by Crippen LogP contribution is -2.34. The van der Waals surface area contributed by atoms with Crippen LogP contribution in [0.2, 0.25) is 0 Å². The number of nitrogens with two attached hydrogens (primary N) is 1. The molecule has 0 aromatic heterocycles. The molecule has 0 radical (unpaired) electrons. The van der Waals surface area contributed by atoms with Crippen LogP contribution in [0.3, 0.4) is 0 Å². The molecule has 0 fully saturated rings. The molecule has 0 aliphatic heterocycles. The molecular formula is C16H18N2OS. The molecule has 0 aliphatic rings. The van der Waals surface area contributed by atoms with E-state index in [2.05, 4.69) is 12.1 Å². The quantitative estimate of drug-likeness (QED) is 0.858. The average molecular weight is 286 g/mol. The van der Waals surface area contributed by atoms with Crippen LogP contribution in [0.1, 0.15) is 11.1 Å². The zero-order valence-electron chi connectivity index (χ0n) is 11.5. The second-order valence-electron chi connectivity index (χ2n) is 4.53. The van der Waals surface area contributed by atoms with E-state index in [1.807, 2.05) is 47.4 Å². The first kappa shape index (κ1) is 14.3. The van der Waals surface area contributed by atoms with Crippen molar-refractivity contribution in [3.05, 3.63) is 65.7 Å². The van der Waals surface area contributed by atoms with Crippen LogP contribution < -0.4 is 10.5 Å². The summed E-state index contributed by atoms with van der Waals surface area (Å²) in [6, 6.07) is 18.1. The zero-order valence-corrected chi connectivity index (χ0v) is 12.3. The van der Waals surface area contributed by atoms with Crippen molar-refractivity contribution in [3.8, 4) is 5.75 Å². The molecule has 3 nitrogen and oxygen atoms in total. The van der Waals surface area contributed by atoms with E-state index in [1.54, 1.807) is 7.11 Å². The molecule has 0 amide bonds. The third-order valence-corrected chi connectivity index (χ3v) is 3.29. The Morgan fingerprint density at radius 1 is 1.05 bits per heavy atom. The van der Waals surface area contributed by atoms with E-state index in [0.29, 0.717) is 18.2 Å². The SMILES string of the molecule is COc1cccc(CN(Cc2ccccc2)C(N)=S)c1. The highest BCUT2D eigenvalue weighted by Gasteiger charge is 2.08. The topological polar surface area (TPSA) is 38.5 Å². The Balaban J connectivity index is 2.11. The lowest BCUT2D eigenvalue weighted by Gasteiger charge is -2.23. The summed E-state index contributed by atoms with van der Waals surface area (Å²) in [7, 11) is 1.66. The summed E-state index contributed by atoms with van der Waals surface area (Å²) >= 11 is 5.15. The number of methoxy groups -OCH3 is 1. The van der Waals surface area contributed by atoms with Gasteiger partial charge in [0.05, 0.1) is 7.11 Å². The number of nitrogens with zero attached hydrogens (tertiary/aromatic N) is 1. The summed E-state index contributed by atoms with van der Waals surface area (Å²) in [6.45, 7) is 1.37. The summed E-state index contributed by atoms with van der Waals surface area (Å²) in [5.41, 5.74) is 8.13. The smallest absolute Gasteiger partial charge is 0.166 e. The van der Waals surface area contributed by atoms with Crippen molar-refractivity contribution < 1.29 is 4.74 Å². The summed E-state index contributed by atoms with van der Waals surface area (Å²) in [5.74, 6) is 0.838. The Morgan fingerprint density at radius 2 is 1.70 bits per heavy atom. The Morgan fingerprint density at radius 3 is 2.35 bits per heavy atom. The number of ether oxygens (including phenoxy) is 1. The molecule has 2 aromatic carbocycles. The minimum atomic E-state index is 0.400. The minimum Gasteiger partial charge on any atom is -0.497 e. The van der Waals surface area contributed by atoms with Gasteiger partial charge in [0.25, 0.3) is 0 Å². The van der Waals surface area contributed by atoms with E-state index >= 15 is 0 Å². The van der Waals surface area contributed by atoms with Gasteiger partial charge < -0.3 is 15.4 Å². The van der Waals surface area contributed by atoms with Crippen LogP contribution in [0.15, 0.2) is 54.6 Å². The number of benzene rings is 2. The average Bonchev–Trinajstić information content (AvgIpc) is 2.48. The molecule has 0 atom stereocenters. The van der Waals surface area contributed by atoms with Crippen molar-refractivity contribution in [1.29, 1.82) is 0 Å². The molecule has 0 saturated carbocycles. The van der Waals surface area contributed by atoms with Crippen molar-refractivity contribution in [2.75, 3.05) is 7.11 Å². The molecule has 2 N–H and O–H groups in total. The fourth-order valence-corrected chi connectivity index (χ4v) is 2.14. The summed E-state index contributed by atoms with van der Waals surface area (Å²) in [4.78, 5) is 1.97. The van der Waals surface area contributed by atoms with Gasteiger partial charge in [0.1, 0.15) is 5.75 Å². The predicted octanol–water partition coefficient (Wildman–Crippen LogP) is 2.94. The Labute approximate surface area is 125 Å². The van der Waals surface area contributed by atoms with Crippen LogP contribution in [0.5, 0.6) is 5.75 Å². The number of hydrogen-bond donors (Lipinski definition) is 1. The van der Waals surface area contributed by atoms with E-state index in [9.17, 15) is 0 Å². The van der Waals surface area contributed by atoms with Crippen molar-refractivity contribution in [3.63, 3.8) is 0 Å². The van der Waals surface area contributed by atoms with E-state index < -0.39 is 0 Å². The van der Waals surface area contributed by atoms with E-state index in [0.717, 1.165) is 11.3 Å². The monoisotopic (exact) mass is 286 g/mol. The third kappa shape index (κ3) is 3.96. The van der Waals surface area contributed by atoms with Gasteiger partial charge in [-0.15, -0.1) is 0 Å². The van der Waals surface area contributed by atoms with Gasteiger partial charge in [-0.25, -0.2) is 0 Å². The maximum atomic E-state index is 5.83. The molecule has 4 heteroatoms. The first-order valence-corrected chi connectivity index (χ1v) is 6.81. The van der Waals surface area contributed by atoms with Gasteiger partial charge in [-0.3, -0.25) is 0 Å². The highest BCUT2D eigenvalue weighted by molar-refractivity contribution is 7.80. The van der Waals surface area contributed by atoms with Gasteiger partial charge in [0, 0.05) is 13.1 Å². The number of hydrogen-bond acceptors (Lipinski definition) is 2. The molecular weight excluding hydrogens is 268 g/mol. The molecule has 0 bridgehead atoms. The third-order valence-electron chi connectivity index (χ3n) is 3.04. The minimum absolute atomic E-state index is 0.400. The van der Waals surface area contributed by atoms with Crippen LogP contribution in [-0.2, 0) is 13.1 Å². The zero-order chi connectivity index (χ0) is 14.4. The lowest BCUT2D eigenvalue weighted by atomic mass is 10.1. The molecule has 0 saturated heterocycles. The maximum Gasteiger partial charge on any atom is 0.166 e. The second kappa shape index (κ2) is 6.91. The number of rotatable bonds is 5. The molecule has 2 aromatic rings. The van der Waals surface area contributed by atoms with E-state index in [-0.39, 0.29) is 0 Å². The van der Waals surface area contributed by atoms with Crippen molar-refractivity contribution in [1.82, 2.24) is 4.90 Å². The van der Waals surface area contributed by atoms with Crippen LogP contribution >= 0.6 is 12.2 Å². The lowest BCUT2D eigenvalue weighted by molar-refractivity contribution is 0.400. The Hall–Kier alpha value is -2.07. The molecule has 104 valence electrons. The van der Waals surface area contributed by atoms with Gasteiger partial charge in [-0.2, -0.15) is 0 Å². The van der Waals surface area contributed by atoms with Crippen LogP contribution in [0, 0.1) is 0 Å². The molecule has 2 rings (SSSR count). The highest BCUT2D eigenvalue weighted by Crippen LogP contribution is 2.15. The summed E-state index contributed by atoms with van der Waals surface area (Å²) < 4.78 is 5.23. The molecule has 0 spiro atoms. The first-order valence-electron chi connectivity index (χ1n) is 6.40. The molecule has 0 unspecified atom stereocenters. The fourth-order valence-electron chi connectivity index (χ4n) is 2.01. The summed E-state index contributed by atoms with van der Waals surface area (Å²) in [5, 5.41) is 0.400. The second-order valence-corrected chi connectivity index (χ2v) is 4.95. The largest absolute Gasteiger partial charge is 0.497 e. The van der Waals surface area contributed by atoms with Crippen LogP contribution in [0.25, 0.3) is 0 Å². The van der Waals surface area contributed by atoms with Crippen molar-refractivity contribution >= 4 is 17.3 Å². The molecule has 0 heterocycles. The van der Waals surface area contributed by atoms with Crippen molar-refractivity contribution in [2.45, 2.75) is 13.1 Å². The molecule has 0 aliphatic carbocycles. The van der Waals surface area contributed by atoms with Gasteiger partial charge >= 0.3 is 0 Å². The molecule has 20 heavy (non-hydrogen) atoms. The number of thiocarbonyl (C=S) groups is 1. The van der Waals surface area contributed by atoms with Gasteiger partial charge in [0.15, 0.2) is 5.11 Å². The Kier molecular flexibility index (Phi) is 4.96. The van der Waals surface area contributed by atoms with Gasteiger partial charge in [-0.05, 0) is 35.5 Å².